The van der Waals surface area contributed by atoms with E-state index in [9.17, 15) is 4.79 Å². The minimum atomic E-state index is -2.02. The van der Waals surface area contributed by atoms with Crippen LogP contribution in [-0.4, -0.2) is 12.2 Å². The van der Waals surface area contributed by atoms with Gasteiger partial charge in [-0.25, -0.2) is 4.79 Å². The lowest BCUT2D eigenvalue weighted by Gasteiger charge is -2.28. The average Bonchev–Trinajstić information content (AvgIpc) is 2.69. The molecule has 2 heteroatoms. The summed E-state index contributed by atoms with van der Waals surface area (Å²) in [6.07, 6.45) is 5.39. The molecule has 0 atom stereocenters. The van der Waals surface area contributed by atoms with Crippen molar-refractivity contribution in [1.29, 1.82) is 0 Å². The summed E-state index contributed by atoms with van der Waals surface area (Å²) in [6, 6.07) is 29.3. The standard InChI is InChI=1S/C23H21OP/c1-19(18-24)17-20-11-9-10-16-23(20)25(2,21-12-5-3-6-13-21)22-14-7-4-8-15-22/h3-16H,2,17H2,1H3. The molecular weight excluding hydrogens is 323 g/mol. The van der Waals surface area contributed by atoms with Crippen molar-refractivity contribution in [3.8, 4) is 0 Å². The Morgan fingerprint density at radius 2 is 1.32 bits per heavy atom. The lowest BCUT2D eigenvalue weighted by atomic mass is 10.1. The third kappa shape index (κ3) is 3.44. The fourth-order valence-corrected chi connectivity index (χ4v) is 6.35. The van der Waals surface area contributed by atoms with Crippen molar-refractivity contribution in [1.82, 2.24) is 0 Å². The van der Waals surface area contributed by atoms with E-state index in [1.54, 1.807) is 0 Å². The van der Waals surface area contributed by atoms with Crippen molar-refractivity contribution >= 4 is 35.0 Å². The zero-order chi connectivity index (χ0) is 17.7. The quantitative estimate of drug-likeness (QED) is 0.509. The molecule has 0 bridgehead atoms. The molecule has 0 N–H and O–H groups in total. The molecule has 0 aliphatic rings. The molecule has 0 unspecified atom stereocenters. The number of carbonyl (C=O) groups excluding carboxylic acids is 1. The van der Waals surface area contributed by atoms with Gasteiger partial charge in [-0.2, -0.15) is 0 Å². The van der Waals surface area contributed by atoms with Gasteiger partial charge < -0.3 is 0 Å². The lowest BCUT2D eigenvalue weighted by molar-refractivity contribution is 0.566. The highest BCUT2D eigenvalue weighted by atomic mass is 31.2. The molecule has 0 heterocycles. The fourth-order valence-electron chi connectivity index (χ4n) is 3.15. The van der Waals surface area contributed by atoms with Gasteiger partial charge in [-0.15, -0.1) is 0 Å². The van der Waals surface area contributed by atoms with Crippen LogP contribution in [0.15, 0.2) is 90.5 Å². The number of hydrogen-bond acceptors (Lipinski definition) is 1. The number of rotatable bonds is 5. The minimum Gasteiger partial charge on any atom is -0.234 e. The zero-order valence-corrected chi connectivity index (χ0v) is 15.2. The summed E-state index contributed by atoms with van der Waals surface area (Å²) in [7, 11) is 0. The molecule has 0 aromatic heterocycles. The van der Waals surface area contributed by atoms with Gasteiger partial charge in [0.15, 0.2) is 0 Å². The Morgan fingerprint density at radius 1 is 0.840 bits per heavy atom. The first kappa shape index (κ1) is 17.2. The molecule has 0 fully saturated rings. The minimum absolute atomic E-state index is 0.608. The van der Waals surface area contributed by atoms with E-state index in [0.717, 1.165) is 5.56 Å². The molecular formula is C23H21OP. The van der Waals surface area contributed by atoms with E-state index < -0.39 is 6.89 Å². The van der Waals surface area contributed by atoms with E-state index in [4.69, 9.17) is 6.30 Å². The second-order valence-electron chi connectivity index (χ2n) is 6.17. The smallest absolute Gasteiger partial charge is 0.123 e. The van der Waals surface area contributed by atoms with Crippen LogP contribution in [0.2, 0.25) is 0 Å². The molecule has 0 radical (unpaired) electrons. The summed E-state index contributed by atoms with van der Waals surface area (Å²) in [5.74, 6) is 2.03. The second-order valence-corrected chi connectivity index (χ2v) is 9.30. The van der Waals surface area contributed by atoms with Crippen molar-refractivity contribution in [2.75, 3.05) is 0 Å². The molecule has 0 saturated carbocycles. The van der Waals surface area contributed by atoms with Crippen LogP contribution in [0, 0.1) is 0 Å². The van der Waals surface area contributed by atoms with Crippen LogP contribution in [0.25, 0.3) is 0 Å². The third-order valence-electron chi connectivity index (χ3n) is 4.43. The van der Waals surface area contributed by atoms with Crippen LogP contribution in [0.5, 0.6) is 0 Å². The topological polar surface area (TPSA) is 17.1 Å². The molecule has 3 aromatic rings. The van der Waals surface area contributed by atoms with Crippen LogP contribution < -0.4 is 15.9 Å². The molecule has 1 nitrogen and oxygen atoms in total. The SMILES string of the molecule is C=P(c1ccccc1)(c1ccccc1)c1ccccc1CC(C)=C=O. The predicted molar refractivity (Wildman–Crippen MR) is 111 cm³/mol. The van der Waals surface area contributed by atoms with Crippen LogP contribution >= 0.6 is 6.89 Å². The summed E-state index contributed by atoms with van der Waals surface area (Å²) in [6.45, 7) is -0.193. The number of hydrogen-bond donors (Lipinski definition) is 0. The molecule has 0 saturated heterocycles. The Balaban J connectivity index is 2.28. The summed E-state index contributed by atoms with van der Waals surface area (Å²) in [5.41, 5.74) is 1.86. The van der Waals surface area contributed by atoms with Crippen molar-refractivity contribution < 1.29 is 4.79 Å². The van der Waals surface area contributed by atoms with Gasteiger partial charge in [0.25, 0.3) is 0 Å². The van der Waals surface area contributed by atoms with Gasteiger partial charge in [0.1, 0.15) is 5.94 Å². The molecule has 3 aromatic carbocycles. The fraction of sp³-hybridized carbons (Fsp3) is 0.0870. The monoisotopic (exact) mass is 344 g/mol. The summed E-state index contributed by atoms with van der Waals surface area (Å²) in [5, 5.41) is 3.70. The normalized spacial score (nSPS) is 10.9. The van der Waals surface area contributed by atoms with Crippen LogP contribution in [-0.2, 0) is 11.2 Å². The van der Waals surface area contributed by atoms with E-state index in [2.05, 4.69) is 66.7 Å². The Morgan fingerprint density at radius 3 is 1.84 bits per heavy atom. The second kappa shape index (κ2) is 7.53. The van der Waals surface area contributed by atoms with Gasteiger partial charge in [-0.3, -0.25) is 0 Å². The van der Waals surface area contributed by atoms with Crippen LogP contribution in [0.4, 0.5) is 0 Å². The first-order valence-corrected chi connectivity index (χ1v) is 10.3. The Hall–Kier alpha value is -2.59. The maximum atomic E-state index is 11.0. The number of benzene rings is 3. The van der Waals surface area contributed by atoms with Gasteiger partial charge in [-0.05, 0) is 35.3 Å². The van der Waals surface area contributed by atoms with Crippen molar-refractivity contribution in [2.45, 2.75) is 13.3 Å². The zero-order valence-electron chi connectivity index (χ0n) is 14.4. The highest BCUT2D eigenvalue weighted by Gasteiger charge is 2.24. The van der Waals surface area contributed by atoms with E-state index >= 15 is 0 Å². The summed E-state index contributed by atoms with van der Waals surface area (Å²) < 4.78 is 0. The van der Waals surface area contributed by atoms with Gasteiger partial charge in [0, 0.05) is 12.0 Å². The van der Waals surface area contributed by atoms with Crippen LogP contribution in [0.1, 0.15) is 12.5 Å². The van der Waals surface area contributed by atoms with Crippen LogP contribution in [0.3, 0.4) is 0 Å². The molecule has 25 heavy (non-hydrogen) atoms. The largest absolute Gasteiger partial charge is 0.234 e. The summed E-state index contributed by atoms with van der Waals surface area (Å²) in [4.78, 5) is 11.0. The molecule has 0 aliphatic heterocycles. The molecule has 0 spiro atoms. The highest BCUT2D eigenvalue weighted by Crippen LogP contribution is 2.42. The Kier molecular flexibility index (Phi) is 5.19. The Labute approximate surface area is 149 Å². The van der Waals surface area contributed by atoms with Gasteiger partial charge in [-0.1, -0.05) is 91.2 Å². The summed E-state index contributed by atoms with van der Waals surface area (Å²) >= 11 is 0. The molecule has 0 amide bonds. The maximum Gasteiger partial charge on any atom is 0.123 e. The Bertz CT molecular complexity index is 908. The first-order chi connectivity index (χ1) is 12.2. The maximum absolute atomic E-state index is 11.0. The van der Waals surface area contributed by atoms with Crippen molar-refractivity contribution in [2.24, 2.45) is 0 Å². The molecule has 124 valence electrons. The molecule has 0 aliphatic carbocycles. The average molecular weight is 344 g/mol. The van der Waals surface area contributed by atoms with E-state index in [-0.39, 0.29) is 0 Å². The van der Waals surface area contributed by atoms with Crippen molar-refractivity contribution in [3.05, 3.63) is 96.1 Å². The van der Waals surface area contributed by atoms with E-state index in [0.29, 0.717) is 12.0 Å². The predicted octanol–water partition coefficient (Wildman–Crippen LogP) is 3.73. The van der Waals surface area contributed by atoms with Gasteiger partial charge >= 0.3 is 0 Å². The first-order valence-electron chi connectivity index (χ1n) is 8.30. The number of allylic oxidation sites excluding steroid dienone is 1. The highest BCUT2D eigenvalue weighted by molar-refractivity contribution is 7.93. The van der Waals surface area contributed by atoms with E-state index in [1.807, 2.05) is 31.1 Å². The van der Waals surface area contributed by atoms with Gasteiger partial charge in [0.05, 0.1) is 0 Å². The molecule has 3 rings (SSSR count). The van der Waals surface area contributed by atoms with Gasteiger partial charge in [0.2, 0.25) is 0 Å². The lowest BCUT2D eigenvalue weighted by Crippen LogP contribution is -2.27. The van der Waals surface area contributed by atoms with E-state index in [1.165, 1.54) is 15.9 Å². The third-order valence-corrected chi connectivity index (χ3v) is 8.04. The van der Waals surface area contributed by atoms with Crippen molar-refractivity contribution in [3.63, 3.8) is 0 Å².